The first kappa shape index (κ1) is 22.8. The first-order valence-corrected chi connectivity index (χ1v) is 11.1. The maximum absolute atomic E-state index is 13.3. The second-order valence-electron chi connectivity index (χ2n) is 7.44. The number of ether oxygens (including phenoxy) is 1. The number of nitrogens with one attached hydrogen (secondary N) is 2. The van der Waals surface area contributed by atoms with Crippen LogP contribution in [0, 0.1) is 0 Å². The van der Waals surface area contributed by atoms with Crippen molar-refractivity contribution in [2.75, 3.05) is 19.1 Å². The lowest BCUT2D eigenvalue weighted by atomic mass is 10.0. The lowest BCUT2D eigenvalue weighted by molar-refractivity contribution is -0.119. The maximum atomic E-state index is 13.3. The highest BCUT2D eigenvalue weighted by molar-refractivity contribution is 7.80. The summed E-state index contributed by atoms with van der Waals surface area (Å²) < 4.78 is 5.39. The van der Waals surface area contributed by atoms with E-state index in [1.165, 1.54) is 0 Å². The Balaban J connectivity index is 1.63. The Bertz CT molecular complexity index is 1220. The molecule has 0 spiro atoms. The number of nitrogens with zero attached hydrogens (tertiary/aromatic N) is 2. The first-order chi connectivity index (χ1) is 16.0. The minimum Gasteiger partial charge on any atom is -0.496 e. The summed E-state index contributed by atoms with van der Waals surface area (Å²) in [5, 5.41) is 7.09. The van der Waals surface area contributed by atoms with E-state index in [2.05, 4.69) is 10.6 Å². The van der Waals surface area contributed by atoms with E-state index in [1.807, 2.05) is 66.7 Å². The molecule has 4 rings (SSSR count). The molecule has 0 saturated carbocycles. The van der Waals surface area contributed by atoms with E-state index >= 15 is 0 Å². The fourth-order valence-corrected chi connectivity index (χ4v) is 4.02. The second kappa shape index (κ2) is 10.0. The largest absolute Gasteiger partial charge is 0.496 e. The Morgan fingerprint density at radius 1 is 1.12 bits per heavy atom. The second-order valence-corrected chi connectivity index (χ2v) is 8.29. The Hall–Kier alpha value is -3.42. The highest BCUT2D eigenvalue weighted by Gasteiger charge is 2.30. The van der Waals surface area contributed by atoms with Crippen molar-refractivity contribution in [2.24, 2.45) is 4.99 Å². The van der Waals surface area contributed by atoms with E-state index in [0.29, 0.717) is 22.4 Å². The smallest absolute Gasteiger partial charge is 0.272 e. The van der Waals surface area contributed by atoms with E-state index < -0.39 is 6.17 Å². The van der Waals surface area contributed by atoms with Crippen molar-refractivity contribution >= 4 is 46.2 Å². The fraction of sp³-hybridized carbons (Fsp3) is 0.160. The van der Waals surface area contributed by atoms with E-state index in [0.717, 1.165) is 28.1 Å². The van der Waals surface area contributed by atoms with E-state index in [9.17, 15) is 4.79 Å². The molecule has 8 heteroatoms. The van der Waals surface area contributed by atoms with Gasteiger partial charge in [-0.2, -0.15) is 0 Å². The third-order valence-electron chi connectivity index (χ3n) is 5.34. The third-order valence-corrected chi connectivity index (χ3v) is 5.84. The number of aliphatic imine (C=N–C) groups is 1. The Morgan fingerprint density at radius 3 is 2.61 bits per heavy atom. The average molecular weight is 479 g/mol. The summed E-state index contributed by atoms with van der Waals surface area (Å²) in [7, 11) is 3.34. The molecule has 6 nitrogen and oxygen atoms in total. The van der Waals surface area contributed by atoms with Crippen LogP contribution in [0.3, 0.4) is 0 Å². The standard InChI is InChI=1S/C25H23ClN4O2S/c1-30-20-13-12-18(26)14-19(20)22(16-8-4-3-5-9-16)28-23(24(30)31)29-25(33)27-15-17-10-6-7-11-21(17)32-2/h3-14,23H,15H2,1-2H3,(H2,27,29,33). The molecule has 0 aliphatic carbocycles. The minimum atomic E-state index is -0.908. The van der Waals surface area contributed by atoms with E-state index in [-0.39, 0.29) is 5.91 Å². The van der Waals surface area contributed by atoms with Gasteiger partial charge in [-0.15, -0.1) is 0 Å². The zero-order chi connectivity index (χ0) is 23.4. The Kier molecular flexibility index (Phi) is 6.91. The van der Waals surface area contributed by atoms with Crippen LogP contribution in [0.1, 0.15) is 16.7 Å². The molecular formula is C25H23ClN4O2S. The molecule has 0 aromatic heterocycles. The molecule has 1 unspecified atom stereocenters. The monoisotopic (exact) mass is 478 g/mol. The predicted octanol–water partition coefficient (Wildman–Crippen LogP) is 4.15. The van der Waals surface area contributed by atoms with Crippen LogP contribution in [0.4, 0.5) is 5.69 Å². The summed E-state index contributed by atoms with van der Waals surface area (Å²) in [5.41, 5.74) is 3.99. The highest BCUT2D eigenvalue weighted by atomic mass is 35.5. The summed E-state index contributed by atoms with van der Waals surface area (Å²) in [6.45, 7) is 0.442. The van der Waals surface area contributed by atoms with Gasteiger partial charge in [-0.3, -0.25) is 4.79 Å². The Morgan fingerprint density at radius 2 is 1.85 bits per heavy atom. The normalized spacial score (nSPS) is 15.2. The maximum Gasteiger partial charge on any atom is 0.272 e. The number of halogens is 1. The molecule has 1 amide bonds. The molecule has 1 aliphatic rings. The highest BCUT2D eigenvalue weighted by Crippen LogP contribution is 2.29. The first-order valence-electron chi connectivity index (χ1n) is 10.3. The molecule has 1 atom stereocenters. The zero-order valence-electron chi connectivity index (χ0n) is 18.2. The van der Waals surface area contributed by atoms with Crippen molar-refractivity contribution in [3.05, 3.63) is 94.5 Å². The molecular weight excluding hydrogens is 456 g/mol. The lowest BCUT2D eigenvalue weighted by Crippen LogP contribution is -2.49. The van der Waals surface area contributed by atoms with Crippen molar-refractivity contribution in [2.45, 2.75) is 12.7 Å². The number of rotatable bonds is 5. The van der Waals surface area contributed by atoms with E-state index in [1.54, 1.807) is 25.1 Å². The van der Waals surface area contributed by atoms with Crippen LogP contribution in [-0.2, 0) is 11.3 Å². The molecule has 1 aliphatic heterocycles. The summed E-state index contributed by atoms with van der Waals surface area (Å²) in [6.07, 6.45) is -0.908. The van der Waals surface area contributed by atoms with Gasteiger partial charge in [0.2, 0.25) is 6.17 Å². The molecule has 0 radical (unpaired) electrons. The third kappa shape index (κ3) is 4.99. The van der Waals surface area contributed by atoms with Gasteiger partial charge in [-0.1, -0.05) is 60.1 Å². The molecule has 1 heterocycles. The molecule has 33 heavy (non-hydrogen) atoms. The number of hydrogen-bond acceptors (Lipinski definition) is 4. The molecule has 168 valence electrons. The molecule has 0 saturated heterocycles. The number of fused-ring (bicyclic) bond motifs is 1. The van der Waals surface area contributed by atoms with Gasteiger partial charge < -0.3 is 20.3 Å². The van der Waals surface area contributed by atoms with Gasteiger partial charge in [-0.25, -0.2) is 4.99 Å². The molecule has 3 aromatic rings. The molecule has 3 aromatic carbocycles. The number of thiocarbonyl (C=S) groups is 1. The van der Waals surface area contributed by atoms with Gasteiger partial charge >= 0.3 is 0 Å². The SMILES string of the molecule is COc1ccccc1CNC(=S)NC1N=C(c2ccccc2)c2cc(Cl)ccc2N(C)C1=O. The number of methoxy groups -OCH3 is 1. The number of para-hydroxylation sites is 1. The van der Waals surface area contributed by atoms with Gasteiger partial charge in [-0.05, 0) is 36.5 Å². The number of benzene rings is 3. The summed E-state index contributed by atoms with van der Waals surface area (Å²) in [5.74, 6) is 0.528. The van der Waals surface area contributed by atoms with Crippen molar-refractivity contribution in [3.8, 4) is 5.75 Å². The number of likely N-dealkylation sites (N-methyl/N-ethyl adjacent to an activating group) is 1. The molecule has 0 bridgehead atoms. The summed E-state index contributed by atoms with van der Waals surface area (Å²) in [6, 6.07) is 22.8. The van der Waals surface area contributed by atoms with Crippen molar-refractivity contribution in [3.63, 3.8) is 0 Å². The molecule has 0 fully saturated rings. The summed E-state index contributed by atoms with van der Waals surface area (Å²) in [4.78, 5) is 19.7. The quantitative estimate of drug-likeness (QED) is 0.539. The van der Waals surface area contributed by atoms with Gasteiger partial charge in [0.15, 0.2) is 5.11 Å². The molecule has 2 N–H and O–H groups in total. The van der Waals surface area contributed by atoms with Gasteiger partial charge in [0.05, 0.1) is 18.5 Å². The summed E-state index contributed by atoms with van der Waals surface area (Å²) >= 11 is 11.8. The van der Waals surface area contributed by atoms with Gasteiger partial charge in [0, 0.05) is 35.3 Å². The van der Waals surface area contributed by atoms with Crippen LogP contribution >= 0.6 is 23.8 Å². The van der Waals surface area contributed by atoms with E-state index in [4.69, 9.17) is 33.5 Å². The van der Waals surface area contributed by atoms with Crippen LogP contribution in [-0.4, -0.2) is 37.1 Å². The number of amides is 1. The number of anilines is 1. The number of hydrogen-bond donors (Lipinski definition) is 2. The van der Waals surface area contributed by atoms with Crippen LogP contribution in [0.25, 0.3) is 0 Å². The Labute approximate surface area is 203 Å². The predicted molar refractivity (Wildman–Crippen MR) is 136 cm³/mol. The van der Waals surface area contributed by atoms with Crippen molar-refractivity contribution in [1.82, 2.24) is 10.6 Å². The van der Waals surface area contributed by atoms with Crippen LogP contribution < -0.4 is 20.3 Å². The zero-order valence-corrected chi connectivity index (χ0v) is 19.8. The number of benzodiazepines with no additional fused rings is 1. The van der Waals surface area contributed by atoms with Crippen molar-refractivity contribution < 1.29 is 9.53 Å². The topological polar surface area (TPSA) is 66.0 Å². The minimum absolute atomic E-state index is 0.231. The van der Waals surface area contributed by atoms with Crippen LogP contribution in [0.5, 0.6) is 5.75 Å². The van der Waals surface area contributed by atoms with Gasteiger partial charge in [0.1, 0.15) is 5.75 Å². The fourth-order valence-electron chi connectivity index (χ4n) is 3.67. The number of carbonyl (C=O) groups is 1. The van der Waals surface area contributed by atoms with Gasteiger partial charge in [0.25, 0.3) is 5.91 Å². The lowest BCUT2D eigenvalue weighted by Gasteiger charge is -2.22. The van der Waals surface area contributed by atoms with Crippen LogP contribution in [0.2, 0.25) is 5.02 Å². The number of carbonyl (C=O) groups excluding carboxylic acids is 1. The van der Waals surface area contributed by atoms with Crippen molar-refractivity contribution in [1.29, 1.82) is 0 Å². The average Bonchev–Trinajstić information content (AvgIpc) is 2.93. The van der Waals surface area contributed by atoms with Crippen LogP contribution in [0.15, 0.2) is 77.8 Å².